The van der Waals surface area contributed by atoms with Gasteiger partial charge in [0.2, 0.25) is 11.8 Å². The average molecular weight is 529 g/mol. The fourth-order valence-electron chi connectivity index (χ4n) is 3.87. The van der Waals surface area contributed by atoms with Crippen molar-refractivity contribution in [3.63, 3.8) is 0 Å². The van der Waals surface area contributed by atoms with Crippen molar-refractivity contribution in [3.8, 4) is 5.88 Å². The predicted octanol–water partition coefficient (Wildman–Crippen LogP) is 4.84. The third-order valence-corrected chi connectivity index (χ3v) is 5.58. The van der Waals surface area contributed by atoms with Gasteiger partial charge in [-0.05, 0) is 56.5 Å². The molecule has 3 aromatic rings. The van der Waals surface area contributed by atoms with E-state index in [1.165, 1.54) is 18.3 Å². The van der Waals surface area contributed by atoms with Gasteiger partial charge in [0, 0.05) is 18.4 Å². The molecular formula is C27H27F3N4O4. The van der Waals surface area contributed by atoms with Crippen LogP contribution in [0.4, 0.5) is 24.8 Å². The second kappa shape index (κ2) is 10.7. The van der Waals surface area contributed by atoms with Crippen LogP contribution in [0.3, 0.4) is 0 Å². The van der Waals surface area contributed by atoms with Crippen LogP contribution in [-0.4, -0.2) is 40.5 Å². The number of anilines is 2. The molecule has 0 saturated heterocycles. The van der Waals surface area contributed by atoms with Gasteiger partial charge in [-0.15, -0.1) is 0 Å². The van der Waals surface area contributed by atoms with Gasteiger partial charge >= 0.3 is 12.1 Å². The predicted molar refractivity (Wildman–Crippen MR) is 133 cm³/mol. The molecule has 1 N–H and O–H groups in total. The van der Waals surface area contributed by atoms with Gasteiger partial charge in [-0.2, -0.15) is 18.2 Å². The maximum Gasteiger partial charge on any atom is 0.416 e. The van der Waals surface area contributed by atoms with E-state index in [1.54, 1.807) is 20.8 Å². The zero-order valence-electron chi connectivity index (χ0n) is 21.1. The zero-order valence-corrected chi connectivity index (χ0v) is 21.1. The smallest absolute Gasteiger partial charge is 0.416 e. The first-order valence-electron chi connectivity index (χ1n) is 11.9. The number of hydrogen-bond acceptors (Lipinski definition) is 7. The highest BCUT2D eigenvalue weighted by atomic mass is 19.4. The lowest BCUT2D eigenvalue weighted by Crippen LogP contribution is -2.35. The largest absolute Gasteiger partial charge is 0.472 e. The summed E-state index contributed by atoms with van der Waals surface area (Å²) in [5.41, 5.74) is 0.988. The van der Waals surface area contributed by atoms with Crippen LogP contribution in [0, 0.1) is 0 Å². The van der Waals surface area contributed by atoms with E-state index in [1.807, 2.05) is 29.2 Å². The Bertz CT molecular complexity index is 1320. The lowest BCUT2D eigenvalue weighted by molar-refractivity contribution is -0.153. The molecular weight excluding hydrogens is 501 g/mol. The van der Waals surface area contributed by atoms with Crippen LogP contribution in [0.5, 0.6) is 5.88 Å². The number of esters is 1. The molecule has 0 unspecified atom stereocenters. The number of nitrogens with one attached hydrogen (secondary N) is 1. The Balaban J connectivity index is 1.56. The molecule has 0 spiro atoms. The highest BCUT2D eigenvalue weighted by molar-refractivity contribution is 5.97. The number of benzene rings is 2. The fraction of sp³-hybridized carbons (Fsp3) is 0.333. The van der Waals surface area contributed by atoms with Crippen molar-refractivity contribution < 1.29 is 32.2 Å². The highest BCUT2D eigenvalue weighted by Gasteiger charge is 2.30. The van der Waals surface area contributed by atoms with Crippen molar-refractivity contribution in [1.29, 1.82) is 0 Å². The summed E-state index contributed by atoms with van der Waals surface area (Å²) in [5, 5.41) is 2.48. The zero-order chi connectivity index (χ0) is 27.5. The maximum absolute atomic E-state index is 12.9. The Morgan fingerprint density at radius 2 is 1.76 bits per heavy atom. The number of aromatic nitrogens is 2. The van der Waals surface area contributed by atoms with E-state index >= 15 is 0 Å². The van der Waals surface area contributed by atoms with Crippen LogP contribution >= 0.6 is 0 Å². The Morgan fingerprint density at radius 3 is 2.45 bits per heavy atom. The SMILES string of the molecule is CC(C)(C)OC(=O)CNC(=O)c1cnc(N2CCc3ccccc32)nc1OCc1ccc(C(F)(F)F)cc1. The number of alkyl halides is 3. The molecule has 4 rings (SSSR count). The minimum atomic E-state index is -4.45. The lowest BCUT2D eigenvalue weighted by Gasteiger charge is -2.20. The molecule has 38 heavy (non-hydrogen) atoms. The summed E-state index contributed by atoms with van der Waals surface area (Å²) < 4.78 is 49.7. The molecule has 0 radical (unpaired) electrons. The molecule has 200 valence electrons. The Labute approximate surface area is 217 Å². The second-order valence-electron chi connectivity index (χ2n) is 9.67. The Kier molecular flexibility index (Phi) is 7.56. The van der Waals surface area contributed by atoms with Gasteiger partial charge in [0.15, 0.2) is 0 Å². The highest BCUT2D eigenvalue weighted by Crippen LogP contribution is 2.34. The van der Waals surface area contributed by atoms with Gasteiger partial charge in [-0.1, -0.05) is 30.3 Å². The molecule has 1 amide bonds. The van der Waals surface area contributed by atoms with E-state index in [4.69, 9.17) is 9.47 Å². The second-order valence-corrected chi connectivity index (χ2v) is 9.67. The lowest BCUT2D eigenvalue weighted by atomic mass is 10.1. The van der Waals surface area contributed by atoms with Gasteiger partial charge in [0.05, 0.1) is 5.56 Å². The molecule has 2 aromatic carbocycles. The number of amides is 1. The fourth-order valence-corrected chi connectivity index (χ4v) is 3.87. The van der Waals surface area contributed by atoms with E-state index in [-0.39, 0.29) is 24.6 Å². The number of hydrogen-bond donors (Lipinski definition) is 1. The monoisotopic (exact) mass is 528 g/mol. The molecule has 1 aliphatic heterocycles. The normalized spacial score (nSPS) is 13.2. The van der Waals surface area contributed by atoms with Gasteiger partial charge < -0.3 is 19.7 Å². The molecule has 0 saturated carbocycles. The third-order valence-electron chi connectivity index (χ3n) is 5.58. The van der Waals surface area contributed by atoms with Crippen LogP contribution in [0.2, 0.25) is 0 Å². The van der Waals surface area contributed by atoms with E-state index < -0.39 is 29.2 Å². The van der Waals surface area contributed by atoms with Gasteiger partial charge in [-0.25, -0.2) is 4.98 Å². The van der Waals surface area contributed by atoms with Crippen LogP contribution in [0.15, 0.2) is 54.7 Å². The number of carbonyl (C=O) groups is 2. The van der Waals surface area contributed by atoms with Crippen LogP contribution in [-0.2, 0) is 28.7 Å². The van der Waals surface area contributed by atoms with Crippen molar-refractivity contribution in [2.75, 3.05) is 18.0 Å². The minimum Gasteiger partial charge on any atom is -0.472 e. The minimum absolute atomic E-state index is 0.0308. The summed E-state index contributed by atoms with van der Waals surface area (Å²) in [6.07, 6.45) is -2.36. The van der Waals surface area contributed by atoms with E-state index in [0.717, 1.165) is 29.8 Å². The number of ether oxygens (including phenoxy) is 2. The number of para-hydroxylation sites is 1. The number of halogens is 3. The van der Waals surface area contributed by atoms with Crippen LogP contribution in [0.1, 0.15) is 47.8 Å². The number of carbonyl (C=O) groups excluding carboxylic acids is 2. The van der Waals surface area contributed by atoms with Crippen LogP contribution in [0.25, 0.3) is 0 Å². The molecule has 0 atom stereocenters. The third kappa shape index (κ3) is 6.58. The Morgan fingerprint density at radius 1 is 1.05 bits per heavy atom. The molecule has 0 fully saturated rings. The maximum atomic E-state index is 12.9. The molecule has 8 nitrogen and oxygen atoms in total. The molecule has 11 heteroatoms. The molecule has 0 aliphatic carbocycles. The summed E-state index contributed by atoms with van der Waals surface area (Å²) in [6, 6.07) is 12.3. The van der Waals surface area contributed by atoms with Crippen LogP contribution < -0.4 is 15.0 Å². The van der Waals surface area contributed by atoms with Crippen molar-refractivity contribution in [2.24, 2.45) is 0 Å². The standard InChI is InChI=1S/C27H27F3N4O4/c1-26(2,3)38-22(35)15-31-23(36)20-14-32-25(34-13-12-18-6-4-5-7-21(18)34)33-24(20)37-16-17-8-10-19(11-9-17)27(28,29)30/h4-11,14H,12-13,15-16H2,1-3H3,(H,31,36). The van der Waals surface area contributed by atoms with Gasteiger partial charge in [0.1, 0.15) is 24.3 Å². The first-order chi connectivity index (χ1) is 17.9. The summed E-state index contributed by atoms with van der Waals surface area (Å²) in [5.74, 6) is -1.04. The first kappa shape index (κ1) is 26.9. The van der Waals surface area contributed by atoms with E-state index in [2.05, 4.69) is 15.3 Å². The number of fused-ring (bicyclic) bond motifs is 1. The summed E-state index contributed by atoms with van der Waals surface area (Å²) in [7, 11) is 0. The quantitative estimate of drug-likeness (QED) is 0.439. The van der Waals surface area contributed by atoms with E-state index in [0.29, 0.717) is 18.1 Å². The summed E-state index contributed by atoms with van der Waals surface area (Å²) in [4.78, 5) is 35.7. The average Bonchev–Trinajstić information content (AvgIpc) is 3.29. The number of rotatable bonds is 7. The van der Waals surface area contributed by atoms with Crippen molar-refractivity contribution >= 4 is 23.5 Å². The topological polar surface area (TPSA) is 93.6 Å². The molecule has 1 aromatic heterocycles. The molecule has 1 aliphatic rings. The molecule has 2 heterocycles. The Hall–Kier alpha value is -4.15. The van der Waals surface area contributed by atoms with E-state index in [9.17, 15) is 22.8 Å². The van der Waals surface area contributed by atoms with Gasteiger partial charge in [0.25, 0.3) is 5.91 Å². The first-order valence-corrected chi connectivity index (χ1v) is 11.9. The van der Waals surface area contributed by atoms with Crippen molar-refractivity contribution in [1.82, 2.24) is 15.3 Å². The molecule has 0 bridgehead atoms. The summed E-state index contributed by atoms with van der Waals surface area (Å²) >= 11 is 0. The van der Waals surface area contributed by atoms with Gasteiger partial charge in [-0.3, -0.25) is 9.59 Å². The van der Waals surface area contributed by atoms with Crippen molar-refractivity contribution in [2.45, 2.75) is 45.6 Å². The summed E-state index contributed by atoms with van der Waals surface area (Å²) in [6.45, 7) is 5.24. The number of nitrogens with zero attached hydrogens (tertiary/aromatic N) is 3. The van der Waals surface area contributed by atoms with Crippen molar-refractivity contribution in [3.05, 3.63) is 77.0 Å².